The first kappa shape index (κ1) is 34.2. The molecular formula is C41H33ClN2O9. The summed E-state index contributed by atoms with van der Waals surface area (Å²) in [6.07, 6.45) is 2.02. The first-order valence-corrected chi connectivity index (χ1v) is 17.5. The minimum atomic E-state index is -1.64. The smallest absolute Gasteiger partial charge is 0.335 e. The molecule has 2 heterocycles. The van der Waals surface area contributed by atoms with Gasteiger partial charge in [0, 0.05) is 28.6 Å². The molecule has 0 spiro atoms. The Kier molecular flexibility index (Phi) is 8.14. The number of hydrogen-bond acceptors (Lipinski definition) is 8. The van der Waals surface area contributed by atoms with E-state index < -0.39 is 64.6 Å². The summed E-state index contributed by atoms with van der Waals surface area (Å²) in [5.74, 6) is -7.61. The first-order chi connectivity index (χ1) is 25.5. The molecule has 0 bridgehead atoms. The van der Waals surface area contributed by atoms with E-state index in [-0.39, 0.29) is 46.8 Å². The van der Waals surface area contributed by atoms with Gasteiger partial charge in [0.25, 0.3) is 0 Å². The molecule has 0 aromatic heterocycles. The number of ether oxygens (including phenoxy) is 2. The standard InChI is InChI=1S/C41H33ClN2O9/c1-52-26-18-31(45)34(32(19-26)53-2)35-27-14-15-28-33(38(48)43(36(28)46)24-12-6-8-21(16-24)39(49)50)29(27)20-30-37(47)44(25-13-7-11-23(42)17-25)40(51)41(30,35)22-9-4-3-5-10-22/h3-14,16-19,28-30,33,35,45H,15,20H2,1-2H3,(H,49,50). The van der Waals surface area contributed by atoms with Crippen LogP contribution >= 0.6 is 11.6 Å². The van der Waals surface area contributed by atoms with Crippen LogP contribution in [0.3, 0.4) is 0 Å². The van der Waals surface area contributed by atoms with Gasteiger partial charge >= 0.3 is 5.97 Å². The average molecular weight is 733 g/mol. The lowest BCUT2D eigenvalue weighted by molar-refractivity contribution is -0.127. The van der Waals surface area contributed by atoms with Crippen LogP contribution in [0.15, 0.2) is 103 Å². The zero-order chi connectivity index (χ0) is 37.3. The number of hydrogen-bond donors (Lipinski definition) is 2. The highest BCUT2D eigenvalue weighted by molar-refractivity contribution is 6.32. The molecule has 8 rings (SSSR count). The van der Waals surface area contributed by atoms with Crippen LogP contribution in [-0.4, -0.2) is 54.0 Å². The topological polar surface area (TPSA) is 151 Å². The molecule has 6 atom stereocenters. The Bertz CT molecular complexity index is 2270. The fourth-order valence-corrected chi connectivity index (χ4v) is 9.44. The fourth-order valence-electron chi connectivity index (χ4n) is 9.25. The van der Waals surface area contributed by atoms with E-state index in [1.54, 1.807) is 60.7 Å². The van der Waals surface area contributed by atoms with Crippen molar-refractivity contribution in [2.45, 2.75) is 24.2 Å². The Morgan fingerprint density at radius 3 is 2.21 bits per heavy atom. The van der Waals surface area contributed by atoms with Gasteiger partial charge in [-0.3, -0.25) is 24.1 Å². The summed E-state index contributed by atoms with van der Waals surface area (Å²) < 4.78 is 11.3. The number of phenolic OH excluding ortho intramolecular Hbond substituents is 1. The molecule has 2 aliphatic heterocycles. The number of nitrogens with zero attached hydrogens (tertiary/aromatic N) is 2. The Morgan fingerprint density at radius 2 is 1.53 bits per heavy atom. The molecule has 4 amide bonds. The number of aromatic hydroxyl groups is 1. The Morgan fingerprint density at radius 1 is 0.811 bits per heavy atom. The Balaban J connectivity index is 1.38. The van der Waals surface area contributed by atoms with E-state index in [4.69, 9.17) is 21.1 Å². The van der Waals surface area contributed by atoms with Crippen LogP contribution in [0, 0.1) is 23.7 Å². The number of carbonyl (C=O) groups is 5. The number of amides is 4. The molecule has 1 saturated carbocycles. The molecule has 2 N–H and O–H groups in total. The van der Waals surface area contributed by atoms with E-state index >= 15 is 4.79 Å². The number of carboxylic acid groups (broad SMARTS) is 1. The maximum atomic E-state index is 15.5. The highest BCUT2D eigenvalue weighted by Crippen LogP contribution is 2.66. The van der Waals surface area contributed by atoms with Crippen molar-refractivity contribution < 1.29 is 43.7 Å². The quantitative estimate of drug-likeness (QED) is 0.169. The van der Waals surface area contributed by atoms with Crippen molar-refractivity contribution in [1.82, 2.24) is 0 Å². The fraction of sp³-hybridized carbons (Fsp3) is 0.244. The minimum absolute atomic E-state index is 0.0291. The second-order valence-electron chi connectivity index (χ2n) is 13.7. The largest absolute Gasteiger partial charge is 0.507 e. The third-order valence-corrected chi connectivity index (χ3v) is 11.6. The van der Waals surface area contributed by atoms with Crippen molar-refractivity contribution in [3.8, 4) is 17.2 Å². The molecule has 11 nitrogen and oxygen atoms in total. The lowest BCUT2D eigenvalue weighted by Crippen LogP contribution is -2.53. The number of rotatable bonds is 7. The van der Waals surface area contributed by atoms with Gasteiger partial charge in [-0.2, -0.15) is 0 Å². The van der Waals surface area contributed by atoms with Crippen LogP contribution in [0.4, 0.5) is 11.4 Å². The average Bonchev–Trinajstić information content (AvgIpc) is 3.55. The summed E-state index contributed by atoms with van der Waals surface area (Å²) >= 11 is 6.39. The third kappa shape index (κ3) is 4.90. The SMILES string of the molecule is COc1cc(O)c(C2C3=CCC4C(=O)N(c5cccc(C(=O)O)c5)C(=O)C4C3CC3C(=O)N(c4cccc(Cl)c4)C(=O)C32c2ccccc2)c(OC)c1. The minimum Gasteiger partial charge on any atom is -0.507 e. The van der Waals surface area contributed by atoms with E-state index in [1.807, 2.05) is 6.08 Å². The maximum absolute atomic E-state index is 15.5. The molecule has 4 aromatic rings. The highest BCUT2D eigenvalue weighted by atomic mass is 35.5. The van der Waals surface area contributed by atoms with Gasteiger partial charge in [-0.05, 0) is 60.7 Å². The number of benzene rings is 4. The van der Waals surface area contributed by atoms with Crippen molar-refractivity contribution in [3.63, 3.8) is 0 Å². The van der Waals surface area contributed by atoms with Crippen molar-refractivity contribution >= 4 is 52.6 Å². The normalized spacial score (nSPS) is 26.2. The lowest BCUT2D eigenvalue weighted by Gasteiger charge is -2.51. The van der Waals surface area contributed by atoms with Gasteiger partial charge in [0.15, 0.2) is 0 Å². The van der Waals surface area contributed by atoms with E-state index in [0.717, 1.165) is 9.80 Å². The first-order valence-electron chi connectivity index (χ1n) is 17.1. The molecule has 0 radical (unpaired) electrons. The number of carboxylic acids is 1. The van der Waals surface area contributed by atoms with Crippen molar-refractivity contribution in [3.05, 3.63) is 124 Å². The summed E-state index contributed by atoms with van der Waals surface area (Å²) in [7, 11) is 2.87. The molecule has 12 heteroatoms. The maximum Gasteiger partial charge on any atom is 0.335 e. The zero-order valence-corrected chi connectivity index (χ0v) is 29.3. The summed E-state index contributed by atoms with van der Waals surface area (Å²) in [5, 5.41) is 21.8. The Hall–Kier alpha value is -5.94. The third-order valence-electron chi connectivity index (χ3n) is 11.4. The summed E-state index contributed by atoms with van der Waals surface area (Å²) in [5.41, 5.74) is 0.0489. The summed E-state index contributed by atoms with van der Waals surface area (Å²) in [6.45, 7) is 0. The van der Waals surface area contributed by atoms with Gasteiger partial charge in [0.2, 0.25) is 23.6 Å². The highest BCUT2D eigenvalue weighted by Gasteiger charge is 2.71. The number of anilines is 2. The number of imide groups is 2. The van der Waals surface area contributed by atoms with Gasteiger partial charge < -0.3 is 19.7 Å². The molecule has 268 valence electrons. The van der Waals surface area contributed by atoms with E-state index in [0.29, 0.717) is 21.9 Å². The molecular weight excluding hydrogens is 700 g/mol. The molecule has 2 saturated heterocycles. The number of allylic oxidation sites excluding steroid dienone is 2. The van der Waals surface area contributed by atoms with Crippen LogP contribution in [0.5, 0.6) is 17.2 Å². The summed E-state index contributed by atoms with van der Waals surface area (Å²) in [4.78, 5) is 73.1. The predicted molar refractivity (Wildman–Crippen MR) is 193 cm³/mol. The van der Waals surface area contributed by atoms with Crippen LogP contribution in [0.2, 0.25) is 5.02 Å². The van der Waals surface area contributed by atoms with Crippen LogP contribution in [0.1, 0.15) is 40.2 Å². The zero-order valence-electron chi connectivity index (χ0n) is 28.6. The van der Waals surface area contributed by atoms with Crippen molar-refractivity contribution in [2.75, 3.05) is 24.0 Å². The number of methoxy groups -OCH3 is 2. The molecule has 3 fully saturated rings. The molecule has 53 heavy (non-hydrogen) atoms. The number of carbonyl (C=O) groups excluding carboxylic acids is 4. The van der Waals surface area contributed by atoms with Gasteiger partial charge in [0.1, 0.15) is 17.2 Å². The molecule has 6 unspecified atom stereocenters. The van der Waals surface area contributed by atoms with Gasteiger partial charge in [-0.15, -0.1) is 0 Å². The predicted octanol–water partition coefficient (Wildman–Crippen LogP) is 6.13. The van der Waals surface area contributed by atoms with Crippen molar-refractivity contribution in [1.29, 1.82) is 0 Å². The van der Waals surface area contributed by atoms with Crippen LogP contribution in [-0.2, 0) is 24.6 Å². The van der Waals surface area contributed by atoms with Crippen LogP contribution in [0.25, 0.3) is 0 Å². The lowest BCUT2D eigenvalue weighted by atomic mass is 9.49. The van der Waals surface area contributed by atoms with E-state index in [9.17, 15) is 29.4 Å². The Labute approximate surface area is 309 Å². The molecule has 4 aromatic carbocycles. The van der Waals surface area contributed by atoms with Gasteiger partial charge in [0.05, 0.1) is 54.3 Å². The summed E-state index contributed by atoms with van der Waals surface area (Å²) in [6, 6.07) is 24.1. The monoisotopic (exact) mass is 732 g/mol. The van der Waals surface area contributed by atoms with Gasteiger partial charge in [-0.1, -0.05) is 65.7 Å². The molecule has 4 aliphatic rings. The number of halogens is 1. The number of fused-ring (bicyclic) bond motifs is 4. The van der Waals surface area contributed by atoms with Crippen LogP contribution < -0.4 is 19.3 Å². The number of phenols is 1. The second-order valence-corrected chi connectivity index (χ2v) is 14.2. The van der Waals surface area contributed by atoms with E-state index in [2.05, 4.69) is 0 Å². The second kappa shape index (κ2) is 12.6. The van der Waals surface area contributed by atoms with Crippen molar-refractivity contribution in [2.24, 2.45) is 23.7 Å². The number of aromatic carboxylic acids is 1. The molecule has 2 aliphatic carbocycles. The van der Waals surface area contributed by atoms with Gasteiger partial charge in [-0.25, -0.2) is 9.69 Å². The van der Waals surface area contributed by atoms with E-state index in [1.165, 1.54) is 44.6 Å².